The lowest BCUT2D eigenvalue weighted by atomic mass is 10.1. The Balaban J connectivity index is 3.14. The third kappa shape index (κ3) is 3.29. The fraction of sp³-hybridized carbons (Fsp3) is 0.500. The van der Waals surface area contributed by atoms with Gasteiger partial charge in [0.2, 0.25) is 10.0 Å². The lowest BCUT2D eigenvalue weighted by Crippen LogP contribution is -2.48. The molecule has 102 valence electrons. The summed E-state index contributed by atoms with van der Waals surface area (Å²) in [6.45, 7) is 3.47. The van der Waals surface area contributed by atoms with Gasteiger partial charge in [0.05, 0.1) is 7.11 Å². The molecule has 3 N–H and O–H groups in total. The van der Waals surface area contributed by atoms with Gasteiger partial charge in [-0.1, -0.05) is 0 Å². The molecule has 1 rings (SSSR count). The number of esters is 1. The van der Waals surface area contributed by atoms with Crippen molar-refractivity contribution >= 4 is 27.3 Å². The molecule has 0 amide bonds. The van der Waals surface area contributed by atoms with Gasteiger partial charge in [0.25, 0.3) is 0 Å². The van der Waals surface area contributed by atoms with Crippen LogP contribution in [0.3, 0.4) is 0 Å². The number of nitrogens with one attached hydrogen (secondary N) is 1. The van der Waals surface area contributed by atoms with Gasteiger partial charge in [0.1, 0.15) is 9.77 Å². The Labute approximate surface area is 110 Å². The monoisotopic (exact) mass is 292 g/mol. The Morgan fingerprint density at radius 2 is 2.17 bits per heavy atom. The Kier molecular flexibility index (Phi) is 4.49. The van der Waals surface area contributed by atoms with E-state index in [0.717, 1.165) is 11.3 Å². The molecule has 0 aliphatic heterocycles. The maximum absolute atomic E-state index is 12.1. The molecule has 0 saturated heterocycles. The second-order valence-corrected chi connectivity index (χ2v) is 6.87. The molecule has 0 unspecified atom stereocenters. The van der Waals surface area contributed by atoms with Crippen molar-refractivity contribution in [3.63, 3.8) is 0 Å². The highest BCUT2D eigenvalue weighted by molar-refractivity contribution is 7.89. The van der Waals surface area contributed by atoms with Crippen LogP contribution >= 0.6 is 11.3 Å². The van der Waals surface area contributed by atoms with Crippen LogP contribution in [-0.2, 0) is 14.8 Å². The molecule has 0 aliphatic rings. The van der Waals surface area contributed by atoms with Crippen molar-refractivity contribution in [2.45, 2.75) is 24.3 Å². The first-order valence-corrected chi connectivity index (χ1v) is 7.49. The third-order valence-electron chi connectivity index (χ3n) is 2.21. The average Bonchev–Trinajstić information content (AvgIpc) is 2.76. The van der Waals surface area contributed by atoms with E-state index in [1.165, 1.54) is 18.6 Å². The number of ether oxygens (including phenoxy) is 1. The summed E-state index contributed by atoms with van der Waals surface area (Å²) in [6.07, 6.45) is 0. The molecule has 1 aromatic heterocycles. The molecule has 0 aliphatic carbocycles. The minimum Gasteiger partial charge on any atom is -0.465 e. The minimum atomic E-state index is -3.79. The predicted molar refractivity (Wildman–Crippen MR) is 69.1 cm³/mol. The van der Waals surface area contributed by atoms with E-state index in [2.05, 4.69) is 9.46 Å². The minimum absolute atomic E-state index is 0.0535. The molecule has 0 spiro atoms. The number of carbonyl (C=O) groups is 1. The summed E-state index contributed by atoms with van der Waals surface area (Å²) in [6, 6.07) is 1.37. The Morgan fingerprint density at radius 1 is 1.56 bits per heavy atom. The molecule has 0 radical (unpaired) electrons. The number of thiophene rings is 1. The summed E-state index contributed by atoms with van der Waals surface area (Å²) in [7, 11) is -2.59. The highest BCUT2D eigenvalue weighted by atomic mass is 32.2. The Hall–Kier alpha value is -0.960. The van der Waals surface area contributed by atoms with Crippen LogP contribution in [0, 0.1) is 0 Å². The maximum atomic E-state index is 12.1. The molecular formula is C10H16N2O4S2. The van der Waals surface area contributed by atoms with Crippen molar-refractivity contribution in [2.24, 2.45) is 5.73 Å². The lowest BCUT2D eigenvalue weighted by Gasteiger charge is -2.23. The molecule has 0 atom stereocenters. The largest absolute Gasteiger partial charge is 0.465 e. The maximum Gasteiger partial charge on any atom is 0.349 e. The van der Waals surface area contributed by atoms with Crippen LogP contribution in [0.4, 0.5) is 0 Å². The van der Waals surface area contributed by atoms with Crippen LogP contribution in [0.25, 0.3) is 0 Å². The molecule has 0 fully saturated rings. The van der Waals surface area contributed by atoms with E-state index in [4.69, 9.17) is 5.73 Å². The summed E-state index contributed by atoms with van der Waals surface area (Å²) in [5.41, 5.74) is 4.69. The molecule has 18 heavy (non-hydrogen) atoms. The summed E-state index contributed by atoms with van der Waals surface area (Å²) in [4.78, 5) is 11.4. The number of methoxy groups -OCH3 is 1. The zero-order chi connectivity index (χ0) is 14.0. The van der Waals surface area contributed by atoms with Crippen LogP contribution in [-0.4, -0.2) is 33.6 Å². The van der Waals surface area contributed by atoms with Gasteiger partial charge in [0, 0.05) is 12.1 Å². The quantitative estimate of drug-likeness (QED) is 0.772. The zero-order valence-electron chi connectivity index (χ0n) is 10.4. The number of rotatable bonds is 5. The Bertz CT molecular complexity index is 534. The summed E-state index contributed by atoms with van der Waals surface area (Å²) in [5.74, 6) is -0.670. The van der Waals surface area contributed by atoms with Gasteiger partial charge in [-0.25, -0.2) is 17.9 Å². The van der Waals surface area contributed by atoms with Gasteiger partial charge in [-0.2, -0.15) is 0 Å². The number of hydrogen-bond acceptors (Lipinski definition) is 6. The number of nitrogens with two attached hydrogens (primary N) is 1. The average molecular weight is 292 g/mol. The van der Waals surface area contributed by atoms with Gasteiger partial charge in [0.15, 0.2) is 0 Å². The van der Waals surface area contributed by atoms with Crippen LogP contribution < -0.4 is 10.5 Å². The van der Waals surface area contributed by atoms with E-state index in [0.29, 0.717) is 0 Å². The normalized spacial score (nSPS) is 12.4. The highest BCUT2D eigenvalue weighted by Crippen LogP contribution is 2.23. The van der Waals surface area contributed by atoms with Crippen molar-refractivity contribution < 1.29 is 17.9 Å². The van der Waals surface area contributed by atoms with E-state index >= 15 is 0 Å². The van der Waals surface area contributed by atoms with E-state index in [9.17, 15) is 13.2 Å². The molecule has 0 bridgehead atoms. The standard InChI is InChI=1S/C10H16N2O4S2/c1-10(2,6-11)12-18(14,15)7-4-5-17-8(7)9(13)16-3/h4-5,12H,6,11H2,1-3H3. The number of sulfonamides is 1. The molecule has 1 heterocycles. The van der Waals surface area contributed by atoms with Crippen LogP contribution in [0.1, 0.15) is 23.5 Å². The van der Waals surface area contributed by atoms with E-state index in [1.54, 1.807) is 13.8 Å². The molecule has 0 aromatic carbocycles. The van der Waals surface area contributed by atoms with E-state index < -0.39 is 21.5 Å². The summed E-state index contributed by atoms with van der Waals surface area (Å²) >= 11 is 1.02. The van der Waals surface area contributed by atoms with E-state index in [-0.39, 0.29) is 16.3 Å². The molecular weight excluding hydrogens is 276 g/mol. The van der Waals surface area contributed by atoms with Crippen molar-refractivity contribution in [3.05, 3.63) is 16.3 Å². The first kappa shape index (κ1) is 15.1. The highest BCUT2D eigenvalue weighted by Gasteiger charge is 2.29. The number of hydrogen-bond donors (Lipinski definition) is 2. The zero-order valence-corrected chi connectivity index (χ0v) is 12.0. The van der Waals surface area contributed by atoms with Gasteiger partial charge in [-0.15, -0.1) is 11.3 Å². The third-order valence-corrected chi connectivity index (χ3v) is 4.97. The fourth-order valence-corrected chi connectivity index (χ4v) is 3.97. The molecule has 0 saturated carbocycles. The smallest absolute Gasteiger partial charge is 0.349 e. The van der Waals surface area contributed by atoms with Gasteiger partial charge >= 0.3 is 5.97 Å². The second-order valence-electron chi connectivity index (χ2n) is 4.30. The van der Waals surface area contributed by atoms with Crippen molar-refractivity contribution in [2.75, 3.05) is 13.7 Å². The predicted octanol–water partition coefficient (Wildman–Crippen LogP) is 0.550. The van der Waals surface area contributed by atoms with Crippen LogP contribution in [0.15, 0.2) is 16.3 Å². The molecule has 6 nitrogen and oxygen atoms in total. The first-order valence-electron chi connectivity index (χ1n) is 5.13. The van der Waals surface area contributed by atoms with Gasteiger partial charge in [-0.05, 0) is 25.3 Å². The number of carbonyl (C=O) groups excluding carboxylic acids is 1. The first-order chi connectivity index (χ1) is 8.23. The van der Waals surface area contributed by atoms with E-state index in [1.807, 2.05) is 0 Å². The molecule has 8 heteroatoms. The summed E-state index contributed by atoms with van der Waals surface area (Å²) in [5, 5.41) is 1.52. The second kappa shape index (κ2) is 5.35. The Morgan fingerprint density at radius 3 is 2.67 bits per heavy atom. The molecule has 1 aromatic rings. The van der Waals surface area contributed by atoms with Crippen molar-refractivity contribution in [1.82, 2.24) is 4.72 Å². The lowest BCUT2D eigenvalue weighted by molar-refractivity contribution is 0.0602. The summed E-state index contributed by atoms with van der Waals surface area (Å²) < 4.78 is 31.3. The van der Waals surface area contributed by atoms with Gasteiger partial charge in [-0.3, -0.25) is 0 Å². The SMILES string of the molecule is COC(=O)c1sccc1S(=O)(=O)NC(C)(C)CN. The topological polar surface area (TPSA) is 98.5 Å². The van der Waals surface area contributed by atoms with Crippen LogP contribution in [0.5, 0.6) is 0 Å². The van der Waals surface area contributed by atoms with Crippen LogP contribution in [0.2, 0.25) is 0 Å². The van der Waals surface area contributed by atoms with Gasteiger partial charge < -0.3 is 10.5 Å². The fourth-order valence-electron chi connectivity index (χ4n) is 1.21. The van der Waals surface area contributed by atoms with Crippen molar-refractivity contribution in [3.8, 4) is 0 Å². The van der Waals surface area contributed by atoms with Crippen molar-refractivity contribution in [1.29, 1.82) is 0 Å².